The molecule has 0 aromatic heterocycles. The zero-order valence-electron chi connectivity index (χ0n) is 10.9. The molecule has 2 N–H and O–H groups in total. The summed E-state index contributed by atoms with van der Waals surface area (Å²) in [5.74, 6) is 0.934. The molecule has 0 radical (unpaired) electrons. The first kappa shape index (κ1) is 13.3. The molecule has 0 saturated carbocycles. The van der Waals surface area contributed by atoms with E-state index in [1.54, 1.807) is 0 Å². The minimum Gasteiger partial charge on any atom is -0.494 e. The van der Waals surface area contributed by atoms with Crippen molar-refractivity contribution in [3.05, 3.63) is 29.8 Å². The van der Waals surface area contributed by atoms with Crippen LogP contribution in [0, 0.1) is 0 Å². The second-order valence-corrected chi connectivity index (χ2v) is 4.43. The Balaban J connectivity index is 1.69. The number of hydrogen-bond acceptors (Lipinski definition) is 4. The first-order valence-electron chi connectivity index (χ1n) is 6.62. The molecule has 1 aliphatic heterocycles. The van der Waals surface area contributed by atoms with E-state index in [0.717, 1.165) is 38.6 Å². The molecule has 4 nitrogen and oxygen atoms in total. The van der Waals surface area contributed by atoms with Crippen molar-refractivity contribution in [1.29, 1.82) is 0 Å². The number of nitrogens with one attached hydrogen (secondary N) is 2. The molecule has 0 aliphatic carbocycles. The Morgan fingerprint density at radius 1 is 1.39 bits per heavy atom. The van der Waals surface area contributed by atoms with Crippen LogP contribution in [0.5, 0.6) is 5.75 Å². The molecular formula is C14H22N2O2. The molecule has 0 spiro atoms. The van der Waals surface area contributed by atoms with Gasteiger partial charge in [-0.25, -0.2) is 0 Å². The van der Waals surface area contributed by atoms with Gasteiger partial charge < -0.3 is 20.1 Å². The van der Waals surface area contributed by atoms with Crippen LogP contribution in [-0.4, -0.2) is 39.0 Å². The molecule has 1 atom stereocenters. The van der Waals surface area contributed by atoms with Crippen LogP contribution >= 0.6 is 0 Å². The molecule has 1 fully saturated rings. The molecule has 1 aliphatic rings. The van der Waals surface area contributed by atoms with Crippen molar-refractivity contribution in [2.24, 2.45) is 0 Å². The number of morpholine rings is 1. The third-order valence-electron chi connectivity index (χ3n) is 2.95. The van der Waals surface area contributed by atoms with E-state index in [1.165, 1.54) is 5.56 Å². The van der Waals surface area contributed by atoms with Crippen molar-refractivity contribution in [2.45, 2.75) is 19.5 Å². The fourth-order valence-corrected chi connectivity index (χ4v) is 2.01. The summed E-state index contributed by atoms with van der Waals surface area (Å²) in [6.07, 6.45) is 0. The highest BCUT2D eigenvalue weighted by Crippen LogP contribution is 2.11. The maximum Gasteiger partial charge on any atom is 0.119 e. The Labute approximate surface area is 109 Å². The molecule has 2 rings (SSSR count). The van der Waals surface area contributed by atoms with Gasteiger partial charge in [0.2, 0.25) is 0 Å². The highest BCUT2D eigenvalue weighted by atomic mass is 16.5. The van der Waals surface area contributed by atoms with E-state index in [9.17, 15) is 0 Å². The summed E-state index contributed by atoms with van der Waals surface area (Å²) in [4.78, 5) is 0. The van der Waals surface area contributed by atoms with E-state index in [1.807, 2.05) is 19.1 Å². The van der Waals surface area contributed by atoms with Gasteiger partial charge in [-0.05, 0) is 24.6 Å². The SMILES string of the molecule is CCOc1ccc(CNCC2COCCN2)cc1. The number of ether oxygens (including phenoxy) is 2. The summed E-state index contributed by atoms with van der Waals surface area (Å²) in [5, 5.41) is 6.86. The second-order valence-electron chi connectivity index (χ2n) is 4.43. The Morgan fingerprint density at radius 2 is 2.22 bits per heavy atom. The first-order valence-corrected chi connectivity index (χ1v) is 6.62. The highest BCUT2D eigenvalue weighted by molar-refractivity contribution is 5.27. The standard InChI is InChI=1S/C14H22N2O2/c1-2-18-14-5-3-12(4-6-14)9-15-10-13-11-17-8-7-16-13/h3-6,13,15-16H,2,7-11H2,1H3. The molecule has 1 aromatic carbocycles. The van der Waals surface area contributed by atoms with Gasteiger partial charge in [0.25, 0.3) is 0 Å². The fourth-order valence-electron chi connectivity index (χ4n) is 2.01. The molecule has 4 heteroatoms. The van der Waals surface area contributed by atoms with Gasteiger partial charge in [-0.3, -0.25) is 0 Å². The predicted molar refractivity (Wildman–Crippen MR) is 71.9 cm³/mol. The quantitative estimate of drug-likeness (QED) is 0.795. The third kappa shape index (κ3) is 4.29. The Bertz CT molecular complexity index is 334. The average Bonchev–Trinajstić information content (AvgIpc) is 2.42. The molecule has 1 unspecified atom stereocenters. The maximum atomic E-state index is 5.41. The highest BCUT2D eigenvalue weighted by Gasteiger charge is 2.11. The van der Waals surface area contributed by atoms with Crippen LogP contribution in [0.3, 0.4) is 0 Å². The zero-order chi connectivity index (χ0) is 12.6. The van der Waals surface area contributed by atoms with Gasteiger partial charge in [-0.2, -0.15) is 0 Å². The van der Waals surface area contributed by atoms with Gasteiger partial charge in [0.1, 0.15) is 5.75 Å². The van der Waals surface area contributed by atoms with Crippen molar-refractivity contribution in [1.82, 2.24) is 10.6 Å². The summed E-state index contributed by atoms with van der Waals surface area (Å²) in [6, 6.07) is 8.66. The summed E-state index contributed by atoms with van der Waals surface area (Å²) in [7, 11) is 0. The van der Waals surface area contributed by atoms with Crippen molar-refractivity contribution < 1.29 is 9.47 Å². The van der Waals surface area contributed by atoms with Gasteiger partial charge in [0.05, 0.1) is 19.8 Å². The molecule has 0 bridgehead atoms. The van der Waals surface area contributed by atoms with Crippen LogP contribution in [0.25, 0.3) is 0 Å². The van der Waals surface area contributed by atoms with E-state index in [0.29, 0.717) is 12.6 Å². The van der Waals surface area contributed by atoms with E-state index in [4.69, 9.17) is 9.47 Å². The molecule has 1 aromatic rings. The topological polar surface area (TPSA) is 42.5 Å². The van der Waals surface area contributed by atoms with Crippen molar-refractivity contribution in [2.75, 3.05) is 32.9 Å². The Kier molecular flexibility index (Phi) is 5.45. The minimum atomic E-state index is 0.432. The molecule has 1 saturated heterocycles. The summed E-state index contributed by atoms with van der Waals surface area (Å²) in [5.41, 5.74) is 1.27. The normalized spacial score (nSPS) is 19.7. The smallest absolute Gasteiger partial charge is 0.119 e. The van der Waals surface area contributed by atoms with Gasteiger partial charge in [0, 0.05) is 25.7 Å². The van der Waals surface area contributed by atoms with Gasteiger partial charge in [-0.1, -0.05) is 12.1 Å². The average molecular weight is 250 g/mol. The molecule has 0 amide bonds. The summed E-state index contributed by atoms with van der Waals surface area (Å²) < 4.78 is 10.8. The Hall–Kier alpha value is -1.10. The van der Waals surface area contributed by atoms with Gasteiger partial charge >= 0.3 is 0 Å². The molecule has 100 valence electrons. The lowest BCUT2D eigenvalue weighted by atomic mass is 10.2. The Morgan fingerprint density at radius 3 is 2.89 bits per heavy atom. The molecule has 18 heavy (non-hydrogen) atoms. The lowest BCUT2D eigenvalue weighted by Crippen LogP contribution is -2.47. The largest absolute Gasteiger partial charge is 0.494 e. The van der Waals surface area contributed by atoms with Crippen LogP contribution in [0.15, 0.2) is 24.3 Å². The van der Waals surface area contributed by atoms with E-state index in [2.05, 4.69) is 22.8 Å². The maximum absolute atomic E-state index is 5.41. The number of rotatable bonds is 6. The van der Waals surface area contributed by atoms with Crippen LogP contribution in [0.4, 0.5) is 0 Å². The van der Waals surface area contributed by atoms with Gasteiger partial charge in [-0.15, -0.1) is 0 Å². The third-order valence-corrected chi connectivity index (χ3v) is 2.95. The van der Waals surface area contributed by atoms with Crippen LogP contribution in [-0.2, 0) is 11.3 Å². The summed E-state index contributed by atoms with van der Waals surface area (Å²) in [6.45, 7) is 7.11. The van der Waals surface area contributed by atoms with Crippen LogP contribution in [0.2, 0.25) is 0 Å². The lowest BCUT2D eigenvalue weighted by molar-refractivity contribution is 0.0766. The van der Waals surface area contributed by atoms with Crippen LogP contribution in [0.1, 0.15) is 12.5 Å². The van der Waals surface area contributed by atoms with Crippen molar-refractivity contribution >= 4 is 0 Å². The van der Waals surface area contributed by atoms with Gasteiger partial charge in [0.15, 0.2) is 0 Å². The fraction of sp³-hybridized carbons (Fsp3) is 0.571. The predicted octanol–water partition coefficient (Wildman–Crippen LogP) is 1.16. The molecular weight excluding hydrogens is 228 g/mol. The summed E-state index contributed by atoms with van der Waals surface area (Å²) >= 11 is 0. The van der Waals surface area contributed by atoms with Crippen molar-refractivity contribution in [3.63, 3.8) is 0 Å². The number of benzene rings is 1. The minimum absolute atomic E-state index is 0.432. The second kappa shape index (κ2) is 7.36. The van der Waals surface area contributed by atoms with E-state index >= 15 is 0 Å². The van der Waals surface area contributed by atoms with E-state index < -0.39 is 0 Å². The van der Waals surface area contributed by atoms with Crippen molar-refractivity contribution in [3.8, 4) is 5.75 Å². The lowest BCUT2D eigenvalue weighted by Gasteiger charge is -2.24. The first-order chi connectivity index (χ1) is 8.88. The van der Waals surface area contributed by atoms with E-state index in [-0.39, 0.29) is 0 Å². The van der Waals surface area contributed by atoms with Crippen LogP contribution < -0.4 is 15.4 Å². The number of hydrogen-bond donors (Lipinski definition) is 2. The zero-order valence-corrected chi connectivity index (χ0v) is 10.9. The monoisotopic (exact) mass is 250 g/mol. The molecule has 1 heterocycles.